The standard InChI is InChI=1S/C11H19Cl/c1-10-5-4-7-11(9-10)6-2-3-8-12/h2,6,10-11H,3-5,7-9H2,1H3/b6-2+. The van der Waals surface area contributed by atoms with Crippen molar-refractivity contribution in [3.63, 3.8) is 0 Å². The summed E-state index contributed by atoms with van der Waals surface area (Å²) in [7, 11) is 0. The highest BCUT2D eigenvalue weighted by Gasteiger charge is 2.15. The van der Waals surface area contributed by atoms with E-state index in [0.29, 0.717) is 0 Å². The molecule has 70 valence electrons. The molecule has 0 aromatic carbocycles. The lowest BCUT2D eigenvalue weighted by atomic mass is 9.82. The average Bonchev–Trinajstić information content (AvgIpc) is 2.05. The minimum Gasteiger partial charge on any atom is -0.126 e. The second-order valence-electron chi connectivity index (χ2n) is 3.94. The second-order valence-corrected chi connectivity index (χ2v) is 4.32. The van der Waals surface area contributed by atoms with E-state index in [-0.39, 0.29) is 0 Å². The maximum Gasteiger partial charge on any atom is 0.0258 e. The van der Waals surface area contributed by atoms with Crippen LogP contribution < -0.4 is 0 Å². The van der Waals surface area contributed by atoms with Crippen molar-refractivity contribution in [2.45, 2.75) is 39.0 Å². The monoisotopic (exact) mass is 186 g/mol. The molecule has 0 N–H and O–H groups in total. The Labute approximate surface area is 81.0 Å². The van der Waals surface area contributed by atoms with Crippen LogP contribution in [0.1, 0.15) is 39.0 Å². The highest BCUT2D eigenvalue weighted by atomic mass is 35.5. The Bertz CT molecular complexity index is 140. The van der Waals surface area contributed by atoms with E-state index in [4.69, 9.17) is 11.6 Å². The van der Waals surface area contributed by atoms with Crippen molar-refractivity contribution in [3.8, 4) is 0 Å². The maximum atomic E-state index is 5.60. The van der Waals surface area contributed by atoms with Crippen molar-refractivity contribution >= 4 is 11.6 Å². The highest BCUT2D eigenvalue weighted by molar-refractivity contribution is 6.17. The molecule has 0 nitrogen and oxygen atoms in total. The maximum absolute atomic E-state index is 5.60. The summed E-state index contributed by atoms with van der Waals surface area (Å²) < 4.78 is 0. The molecule has 2 unspecified atom stereocenters. The molecule has 0 aromatic rings. The minimum absolute atomic E-state index is 0.763. The number of hydrogen-bond donors (Lipinski definition) is 0. The fourth-order valence-electron chi connectivity index (χ4n) is 2.01. The van der Waals surface area contributed by atoms with Crippen LogP contribution in [0.15, 0.2) is 12.2 Å². The Balaban J connectivity index is 2.22. The Kier molecular flexibility index (Phi) is 4.75. The third-order valence-electron chi connectivity index (χ3n) is 2.66. The van der Waals surface area contributed by atoms with Crippen LogP contribution in [-0.2, 0) is 0 Å². The van der Waals surface area contributed by atoms with Gasteiger partial charge in [-0.05, 0) is 31.1 Å². The van der Waals surface area contributed by atoms with Crippen molar-refractivity contribution in [1.82, 2.24) is 0 Å². The van der Waals surface area contributed by atoms with Crippen LogP contribution in [0.2, 0.25) is 0 Å². The van der Waals surface area contributed by atoms with Crippen LogP contribution in [0.5, 0.6) is 0 Å². The zero-order valence-corrected chi connectivity index (χ0v) is 8.69. The SMILES string of the molecule is CC1CCCC(/C=C/CCCl)C1. The quantitative estimate of drug-likeness (QED) is 0.462. The Morgan fingerprint density at radius 1 is 1.42 bits per heavy atom. The molecule has 0 bridgehead atoms. The second kappa shape index (κ2) is 5.64. The van der Waals surface area contributed by atoms with Crippen LogP contribution >= 0.6 is 11.6 Å². The van der Waals surface area contributed by atoms with E-state index in [1.54, 1.807) is 0 Å². The van der Waals surface area contributed by atoms with Crippen LogP contribution in [0.25, 0.3) is 0 Å². The summed E-state index contributed by atoms with van der Waals surface area (Å²) in [6.45, 7) is 2.36. The van der Waals surface area contributed by atoms with E-state index in [0.717, 1.165) is 24.1 Å². The molecule has 1 aliphatic carbocycles. The van der Waals surface area contributed by atoms with Gasteiger partial charge in [-0.25, -0.2) is 0 Å². The summed E-state index contributed by atoms with van der Waals surface area (Å²) in [6, 6.07) is 0. The molecule has 0 spiro atoms. The number of halogens is 1. The first-order chi connectivity index (χ1) is 5.83. The third-order valence-corrected chi connectivity index (χ3v) is 2.88. The van der Waals surface area contributed by atoms with Gasteiger partial charge < -0.3 is 0 Å². The Morgan fingerprint density at radius 2 is 2.25 bits per heavy atom. The highest BCUT2D eigenvalue weighted by Crippen LogP contribution is 2.29. The van der Waals surface area contributed by atoms with E-state index in [2.05, 4.69) is 19.1 Å². The summed E-state index contributed by atoms with van der Waals surface area (Å²) >= 11 is 5.60. The molecule has 1 fully saturated rings. The molecule has 0 amide bonds. The topological polar surface area (TPSA) is 0 Å². The third kappa shape index (κ3) is 3.62. The molecule has 0 aromatic heterocycles. The molecule has 1 rings (SSSR count). The first-order valence-corrected chi connectivity index (χ1v) is 5.59. The molecule has 0 aliphatic heterocycles. The minimum atomic E-state index is 0.763. The lowest BCUT2D eigenvalue weighted by Gasteiger charge is -2.24. The van der Waals surface area contributed by atoms with Crippen molar-refractivity contribution < 1.29 is 0 Å². The number of hydrogen-bond acceptors (Lipinski definition) is 0. The largest absolute Gasteiger partial charge is 0.126 e. The average molecular weight is 187 g/mol. The summed E-state index contributed by atoms with van der Waals surface area (Å²) in [6.07, 6.45) is 11.3. The van der Waals surface area contributed by atoms with Gasteiger partial charge in [-0.2, -0.15) is 0 Å². The predicted molar refractivity (Wildman–Crippen MR) is 55.6 cm³/mol. The fourth-order valence-corrected chi connectivity index (χ4v) is 2.13. The van der Waals surface area contributed by atoms with Gasteiger partial charge in [0.05, 0.1) is 0 Å². The van der Waals surface area contributed by atoms with Crippen molar-refractivity contribution in [1.29, 1.82) is 0 Å². The van der Waals surface area contributed by atoms with Crippen molar-refractivity contribution in [2.75, 3.05) is 5.88 Å². The van der Waals surface area contributed by atoms with Crippen LogP contribution in [0.3, 0.4) is 0 Å². The van der Waals surface area contributed by atoms with Crippen LogP contribution in [-0.4, -0.2) is 5.88 Å². The molecule has 12 heavy (non-hydrogen) atoms. The van der Waals surface area contributed by atoms with E-state index >= 15 is 0 Å². The van der Waals surface area contributed by atoms with Gasteiger partial charge in [-0.3, -0.25) is 0 Å². The van der Waals surface area contributed by atoms with E-state index in [1.807, 2.05) is 0 Å². The van der Waals surface area contributed by atoms with E-state index < -0.39 is 0 Å². The number of rotatable bonds is 3. The van der Waals surface area contributed by atoms with E-state index in [9.17, 15) is 0 Å². The van der Waals surface area contributed by atoms with Gasteiger partial charge in [0.25, 0.3) is 0 Å². The molecule has 2 atom stereocenters. The van der Waals surface area contributed by atoms with E-state index in [1.165, 1.54) is 25.7 Å². The zero-order chi connectivity index (χ0) is 8.81. The lowest BCUT2D eigenvalue weighted by molar-refractivity contribution is 0.325. The van der Waals surface area contributed by atoms with Gasteiger partial charge >= 0.3 is 0 Å². The molecule has 1 heteroatoms. The molecular weight excluding hydrogens is 168 g/mol. The molecular formula is C11H19Cl. The summed E-state index contributed by atoms with van der Waals surface area (Å²) in [5.74, 6) is 2.54. The molecule has 0 radical (unpaired) electrons. The number of alkyl halides is 1. The van der Waals surface area contributed by atoms with Gasteiger partial charge in [-0.1, -0.05) is 31.9 Å². The lowest BCUT2D eigenvalue weighted by Crippen LogP contribution is -2.10. The summed E-state index contributed by atoms with van der Waals surface area (Å²) in [5, 5.41) is 0. The van der Waals surface area contributed by atoms with Crippen LogP contribution in [0.4, 0.5) is 0 Å². The molecule has 0 saturated heterocycles. The first-order valence-electron chi connectivity index (χ1n) is 5.05. The van der Waals surface area contributed by atoms with Crippen molar-refractivity contribution in [3.05, 3.63) is 12.2 Å². The Morgan fingerprint density at radius 3 is 2.92 bits per heavy atom. The van der Waals surface area contributed by atoms with Crippen LogP contribution in [0, 0.1) is 11.8 Å². The zero-order valence-electron chi connectivity index (χ0n) is 7.93. The molecule has 1 aliphatic rings. The van der Waals surface area contributed by atoms with Gasteiger partial charge in [0.2, 0.25) is 0 Å². The van der Waals surface area contributed by atoms with Gasteiger partial charge in [0.15, 0.2) is 0 Å². The Hall–Kier alpha value is 0.0300. The normalized spacial score (nSPS) is 31.2. The number of allylic oxidation sites excluding steroid dienone is 2. The molecule has 1 saturated carbocycles. The molecule has 0 heterocycles. The fraction of sp³-hybridized carbons (Fsp3) is 0.818. The summed E-state index contributed by atoms with van der Waals surface area (Å²) in [5.41, 5.74) is 0. The van der Waals surface area contributed by atoms with Crippen molar-refractivity contribution in [2.24, 2.45) is 11.8 Å². The smallest absolute Gasteiger partial charge is 0.0258 e. The summed E-state index contributed by atoms with van der Waals surface area (Å²) in [4.78, 5) is 0. The van der Waals surface area contributed by atoms with Gasteiger partial charge in [0.1, 0.15) is 0 Å². The van der Waals surface area contributed by atoms with Gasteiger partial charge in [-0.15, -0.1) is 11.6 Å². The first kappa shape index (κ1) is 10.1. The van der Waals surface area contributed by atoms with Gasteiger partial charge in [0, 0.05) is 5.88 Å². The predicted octanol–water partition coefficient (Wildman–Crippen LogP) is 4.00.